The standard InChI is InChI=1S/C6H9N3O/c7-2-5-10-6-8-3-1-4-9-6/h1,3-4H,2,5,7H2. The highest BCUT2D eigenvalue weighted by atomic mass is 16.5. The third kappa shape index (κ3) is 1.99. The molecule has 10 heavy (non-hydrogen) atoms. The van der Waals surface area contributed by atoms with E-state index in [9.17, 15) is 0 Å². The molecule has 0 aliphatic rings. The molecule has 54 valence electrons. The van der Waals surface area contributed by atoms with Crippen LogP contribution < -0.4 is 10.5 Å². The summed E-state index contributed by atoms with van der Waals surface area (Å²) >= 11 is 0. The van der Waals surface area contributed by atoms with E-state index in [4.69, 9.17) is 10.5 Å². The molecule has 4 heteroatoms. The van der Waals surface area contributed by atoms with Crippen LogP contribution in [-0.4, -0.2) is 23.1 Å². The van der Waals surface area contributed by atoms with E-state index < -0.39 is 0 Å². The van der Waals surface area contributed by atoms with Crippen LogP contribution in [0.4, 0.5) is 0 Å². The monoisotopic (exact) mass is 139 g/mol. The van der Waals surface area contributed by atoms with E-state index in [0.29, 0.717) is 19.2 Å². The van der Waals surface area contributed by atoms with Crippen molar-refractivity contribution in [2.75, 3.05) is 13.2 Å². The Morgan fingerprint density at radius 1 is 1.40 bits per heavy atom. The van der Waals surface area contributed by atoms with Crippen LogP contribution in [0, 0.1) is 0 Å². The van der Waals surface area contributed by atoms with E-state index in [-0.39, 0.29) is 0 Å². The van der Waals surface area contributed by atoms with E-state index in [1.54, 1.807) is 18.5 Å². The summed E-state index contributed by atoms with van der Waals surface area (Å²) in [7, 11) is 0. The number of rotatable bonds is 3. The van der Waals surface area contributed by atoms with Gasteiger partial charge in [0.2, 0.25) is 0 Å². The van der Waals surface area contributed by atoms with Crippen molar-refractivity contribution < 1.29 is 4.74 Å². The van der Waals surface area contributed by atoms with Gasteiger partial charge in [-0.2, -0.15) is 0 Å². The molecule has 0 bridgehead atoms. The number of nitrogens with two attached hydrogens (primary N) is 1. The molecule has 0 saturated heterocycles. The van der Waals surface area contributed by atoms with Crippen LogP contribution in [-0.2, 0) is 0 Å². The molecule has 1 rings (SSSR count). The largest absolute Gasteiger partial charge is 0.462 e. The first kappa shape index (κ1) is 6.95. The zero-order valence-electron chi connectivity index (χ0n) is 5.53. The SMILES string of the molecule is NCCOc1ncccn1. The second kappa shape index (κ2) is 3.79. The molecule has 0 amide bonds. The van der Waals surface area contributed by atoms with Crippen molar-refractivity contribution in [2.45, 2.75) is 0 Å². The normalized spacial score (nSPS) is 9.30. The van der Waals surface area contributed by atoms with Crippen LogP contribution >= 0.6 is 0 Å². The maximum absolute atomic E-state index is 5.20. The van der Waals surface area contributed by atoms with Crippen molar-refractivity contribution in [3.8, 4) is 6.01 Å². The van der Waals surface area contributed by atoms with E-state index in [0.717, 1.165) is 0 Å². The molecule has 1 aromatic heterocycles. The number of ether oxygens (including phenoxy) is 1. The fourth-order valence-corrected chi connectivity index (χ4v) is 0.510. The minimum atomic E-state index is 0.382. The molecule has 1 heterocycles. The third-order valence-electron chi connectivity index (χ3n) is 0.891. The Labute approximate surface area is 59.1 Å². The minimum Gasteiger partial charge on any atom is -0.462 e. The van der Waals surface area contributed by atoms with E-state index in [1.807, 2.05) is 0 Å². The Bertz CT molecular complexity index is 178. The van der Waals surface area contributed by atoms with Gasteiger partial charge in [-0.15, -0.1) is 0 Å². The number of nitrogens with zero attached hydrogens (tertiary/aromatic N) is 2. The van der Waals surface area contributed by atoms with Gasteiger partial charge in [0.05, 0.1) is 0 Å². The first-order valence-corrected chi connectivity index (χ1v) is 3.03. The molecule has 1 aromatic rings. The molecule has 0 fully saturated rings. The summed E-state index contributed by atoms with van der Waals surface area (Å²) in [6.07, 6.45) is 3.25. The predicted molar refractivity (Wildman–Crippen MR) is 36.6 cm³/mol. The first-order valence-electron chi connectivity index (χ1n) is 3.03. The highest BCUT2D eigenvalue weighted by Crippen LogP contribution is 1.95. The minimum absolute atomic E-state index is 0.382. The van der Waals surface area contributed by atoms with Crippen LogP contribution in [0.2, 0.25) is 0 Å². The summed E-state index contributed by atoms with van der Waals surface area (Å²) in [5.74, 6) is 0. The van der Waals surface area contributed by atoms with Crippen molar-refractivity contribution in [1.82, 2.24) is 9.97 Å². The second-order valence-electron chi connectivity index (χ2n) is 1.67. The number of aromatic nitrogens is 2. The fraction of sp³-hybridized carbons (Fsp3) is 0.333. The van der Waals surface area contributed by atoms with Gasteiger partial charge >= 0.3 is 6.01 Å². The summed E-state index contributed by atoms with van der Waals surface area (Å²) in [6.45, 7) is 0.947. The maximum Gasteiger partial charge on any atom is 0.316 e. The van der Waals surface area contributed by atoms with Gasteiger partial charge in [0.25, 0.3) is 0 Å². The molecule has 0 aliphatic carbocycles. The van der Waals surface area contributed by atoms with E-state index in [1.165, 1.54) is 0 Å². The number of hydrogen-bond acceptors (Lipinski definition) is 4. The summed E-state index contributed by atoms with van der Waals surface area (Å²) in [4.78, 5) is 7.65. The van der Waals surface area contributed by atoms with Gasteiger partial charge in [-0.05, 0) is 6.07 Å². The fourth-order valence-electron chi connectivity index (χ4n) is 0.510. The highest BCUT2D eigenvalue weighted by Gasteiger charge is 1.90. The van der Waals surface area contributed by atoms with E-state index in [2.05, 4.69) is 9.97 Å². The van der Waals surface area contributed by atoms with Crippen LogP contribution in [0.3, 0.4) is 0 Å². The molecule has 0 unspecified atom stereocenters. The molecule has 0 spiro atoms. The Morgan fingerprint density at radius 2 is 2.10 bits per heavy atom. The molecule has 2 N–H and O–H groups in total. The molecule has 4 nitrogen and oxygen atoms in total. The van der Waals surface area contributed by atoms with Crippen molar-refractivity contribution >= 4 is 0 Å². The Kier molecular flexibility index (Phi) is 2.63. The summed E-state index contributed by atoms with van der Waals surface area (Å²) in [5, 5.41) is 0. The van der Waals surface area contributed by atoms with Gasteiger partial charge < -0.3 is 10.5 Å². The smallest absolute Gasteiger partial charge is 0.316 e. The molecule has 0 aliphatic heterocycles. The van der Waals surface area contributed by atoms with Gasteiger partial charge in [-0.3, -0.25) is 0 Å². The lowest BCUT2D eigenvalue weighted by Crippen LogP contribution is -2.11. The molecule has 0 atom stereocenters. The van der Waals surface area contributed by atoms with Crippen LogP contribution in [0.25, 0.3) is 0 Å². The highest BCUT2D eigenvalue weighted by molar-refractivity contribution is 4.92. The lowest BCUT2D eigenvalue weighted by molar-refractivity contribution is 0.302. The zero-order chi connectivity index (χ0) is 7.23. The van der Waals surface area contributed by atoms with Crippen molar-refractivity contribution in [3.63, 3.8) is 0 Å². The van der Waals surface area contributed by atoms with Gasteiger partial charge in [0.1, 0.15) is 6.61 Å². The van der Waals surface area contributed by atoms with Crippen molar-refractivity contribution in [3.05, 3.63) is 18.5 Å². The van der Waals surface area contributed by atoms with Crippen molar-refractivity contribution in [2.24, 2.45) is 5.73 Å². The van der Waals surface area contributed by atoms with E-state index >= 15 is 0 Å². The lowest BCUT2D eigenvalue weighted by atomic mass is 10.7. The lowest BCUT2D eigenvalue weighted by Gasteiger charge is -1.98. The Morgan fingerprint density at radius 3 is 2.70 bits per heavy atom. The van der Waals surface area contributed by atoms with Gasteiger partial charge in [0.15, 0.2) is 0 Å². The third-order valence-corrected chi connectivity index (χ3v) is 0.891. The first-order chi connectivity index (χ1) is 4.93. The molecule has 0 saturated carbocycles. The van der Waals surface area contributed by atoms with Gasteiger partial charge in [-0.1, -0.05) is 0 Å². The zero-order valence-corrected chi connectivity index (χ0v) is 5.53. The van der Waals surface area contributed by atoms with Crippen LogP contribution in [0.1, 0.15) is 0 Å². The van der Waals surface area contributed by atoms with Gasteiger partial charge in [-0.25, -0.2) is 9.97 Å². The second-order valence-corrected chi connectivity index (χ2v) is 1.67. The topological polar surface area (TPSA) is 61.0 Å². The quantitative estimate of drug-likeness (QED) is 0.630. The van der Waals surface area contributed by atoms with Crippen LogP contribution in [0.15, 0.2) is 18.5 Å². The maximum atomic E-state index is 5.20. The Hall–Kier alpha value is -1.16. The average Bonchev–Trinajstić information content (AvgIpc) is 2.03. The van der Waals surface area contributed by atoms with Gasteiger partial charge in [0, 0.05) is 18.9 Å². The molecular formula is C6H9N3O. The summed E-state index contributed by atoms with van der Waals surface area (Å²) < 4.78 is 5.01. The Balaban J connectivity index is 2.43. The van der Waals surface area contributed by atoms with Crippen molar-refractivity contribution in [1.29, 1.82) is 0 Å². The summed E-state index contributed by atoms with van der Waals surface area (Å²) in [6, 6.07) is 2.11. The molecule has 0 aromatic carbocycles. The van der Waals surface area contributed by atoms with Crippen LogP contribution in [0.5, 0.6) is 6.01 Å². The average molecular weight is 139 g/mol. The predicted octanol–water partition coefficient (Wildman–Crippen LogP) is -0.186. The number of hydrogen-bond donors (Lipinski definition) is 1. The summed E-state index contributed by atoms with van der Waals surface area (Å²) in [5.41, 5.74) is 5.20. The molecular weight excluding hydrogens is 130 g/mol. The molecule has 0 radical (unpaired) electrons.